The normalized spacial score (nSPS) is 19.4. The number of carbonyl (C=O) groups is 1. The molecule has 0 amide bonds. The number of fused-ring (bicyclic) bond motifs is 1. The highest BCUT2D eigenvalue weighted by Gasteiger charge is 2.26. The van der Waals surface area contributed by atoms with E-state index >= 15 is 0 Å². The van der Waals surface area contributed by atoms with E-state index in [4.69, 9.17) is 5.11 Å². The Morgan fingerprint density at radius 1 is 1.71 bits per heavy atom. The number of hydrogen-bond donors (Lipinski definition) is 1. The third kappa shape index (κ3) is 1.60. The highest BCUT2D eigenvalue weighted by atomic mass is 19.1. The minimum Gasteiger partial charge on any atom is -0.481 e. The zero-order chi connectivity index (χ0) is 10.1. The monoisotopic (exact) mass is 195 g/mol. The second kappa shape index (κ2) is 3.36. The van der Waals surface area contributed by atoms with Crippen molar-refractivity contribution < 1.29 is 14.3 Å². The first kappa shape index (κ1) is 9.12. The van der Waals surface area contributed by atoms with Crippen molar-refractivity contribution in [3.05, 3.63) is 29.3 Å². The number of hydrogen-bond acceptors (Lipinski definition) is 2. The fraction of sp³-hybridized carbons (Fsp3) is 0.400. The Balaban J connectivity index is 2.26. The van der Waals surface area contributed by atoms with E-state index in [1.807, 2.05) is 0 Å². The third-order valence-corrected chi connectivity index (χ3v) is 2.54. The molecule has 0 spiro atoms. The summed E-state index contributed by atoms with van der Waals surface area (Å²) in [7, 11) is 0. The topological polar surface area (TPSA) is 50.2 Å². The maximum absolute atomic E-state index is 12.8. The summed E-state index contributed by atoms with van der Waals surface area (Å²) in [5, 5.41) is 8.65. The van der Waals surface area contributed by atoms with Crippen molar-refractivity contribution >= 4 is 5.97 Å². The number of halogens is 1. The minimum atomic E-state index is -0.825. The third-order valence-electron chi connectivity index (χ3n) is 2.54. The summed E-state index contributed by atoms with van der Waals surface area (Å²) in [6.45, 7) is 0. The van der Waals surface area contributed by atoms with Gasteiger partial charge in [-0.1, -0.05) is 0 Å². The lowest BCUT2D eigenvalue weighted by Crippen LogP contribution is -2.04. The van der Waals surface area contributed by atoms with E-state index < -0.39 is 5.97 Å². The standard InChI is InChI=1S/C10H10FNO2/c11-8-3-6-1-2-7(4-9(13)14)10(6)12-5-8/h3,5,7H,1-2,4H2,(H,13,14). The van der Waals surface area contributed by atoms with Crippen LogP contribution in [0.2, 0.25) is 0 Å². The van der Waals surface area contributed by atoms with Crippen molar-refractivity contribution in [3.8, 4) is 0 Å². The molecule has 0 aliphatic heterocycles. The largest absolute Gasteiger partial charge is 0.481 e. The van der Waals surface area contributed by atoms with Gasteiger partial charge in [-0.3, -0.25) is 9.78 Å². The number of nitrogens with zero attached hydrogens (tertiary/aromatic N) is 1. The molecule has 1 N–H and O–H groups in total. The van der Waals surface area contributed by atoms with Crippen LogP contribution >= 0.6 is 0 Å². The quantitative estimate of drug-likeness (QED) is 0.781. The van der Waals surface area contributed by atoms with Crippen LogP contribution in [0.25, 0.3) is 0 Å². The first-order valence-corrected chi connectivity index (χ1v) is 4.53. The van der Waals surface area contributed by atoms with Gasteiger partial charge in [-0.05, 0) is 24.5 Å². The highest BCUT2D eigenvalue weighted by Crippen LogP contribution is 2.33. The van der Waals surface area contributed by atoms with Crippen molar-refractivity contribution in [2.45, 2.75) is 25.2 Å². The van der Waals surface area contributed by atoms with Gasteiger partial charge < -0.3 is 5.11 Å². The molecule has 1 aliphatic carbocycles. The van der Waals surface area contributed by atoms with E-state index in [9.17, 15) is 9.18 Å². The fourth-order valence-corrected chi connectivity index (χ4v) is 1.94. The molecule has 1 heterocycles. The molecule has 14 heavy (non-hydrogen) atoms. The van der Waals surface area contributed by atoms with Gasteiger partial charge in [0.2, 0.25) is 0 Å². The molecular weight excluding hydrogens is 185 g/mol. The maximum atomic E-state index is 12.8. The van der Waals surface area contributed by atoms with Crippen LogP contribution in [0.3, 0.4) is 0 Å². The predicted molar refractivity (Wildman–Crippen MR) is 47.5 cm³/mol. The van der Waals surface area contributed by atoms with Gasteiger partial charge in [-0.15, -0.1) is 0 Å². The highest BCUT2D eigenvalue weighted by molar-refractivity contribution is 5.68. The van der Waals surface area contributed by atoms with Crippen molar-refractivity contribution in [1.29, 1.82) is 0 Å². The summed E-state index contributed by atoms with van der Waals surface area (Å²) in [6.07, 6.45) is 2.74. The van der Waals surface area contributed by atoms with Gasteiger partial charge in [0.25, 0.3) is 0 Å². The summed E-state index contributed by atoms with van der Waals surface area (Å²) in [5.74, 6) is -1.21. The molecule has 3 nitrogen and oxygen atoms in total. The molecule has 0 radical (unpaired) electrons. The average Bonchev–Trinajstić information content (AvgIpc) is 2.47. The fourth-order valence-electron chi connectivity index (χ4n) is 1.94. The molecule has 1 unspecified atom stereocenters. The van der Waals surface area contributed by atoms with Crippen LogP contribution in [0.5, 0.6) is 0 Å². The first-order chi connectivity index (χ1) is 6.66. The molecule has 0 bridgehead atoms. The Morgan fingerprint density at radius 2 is 2.50 bits per heavy atom. The summed E-state index contributed by atoms with van der Waals surface area (Å²) >= 11 is 0. The van der Waals surface area contributed by atoms with Gasteiger partial charge >= 0.3 is 5.97 Å². The lowest BCUT2D eigenvalue weighted by molar-refractivity contribution is -0.137. The maximum Gasteiger partial charge on any atom is 0.304 e. The average molecular weight is 195 g/mol. The summed E-state index contributed by atoms with van der Waals surface area (Å²) in [6, 6.07) is 1.45. The van der Waals surface area contributed by atoms with Crippen molar-refractivity contribution in [2.24, 2.45) is 0 Å². The Bertz CT molecular complexity index is 378. The number of carboxylic acid groups (broad SMARTS) is 1. The molecule has 0 saturated heterocycles. The van der Waals surface area contributed by atoms with E-state index in [-0.39, 0.29) is 18.2 Å². The van der Waals surface area contributed by atoms with Gasteiger partial charge in [0, 0.05) is 11.6 Å². The van der Waals surface area contributed by atoms with E-state index in [1.165, 1.54) is 6.07 Å². The minimum absolute atomic E-state index is 0.0388. The molecule has 0 fully saturated rings. The molecule has 2 rings (SSSR count). The van der Waals surface area contributed by atoms with Gasteiger partial charge in [0.15, 0.2) is 0 Å². The van der Waals surface area contributed by atoms with Crippen LogP contribution < -0.4 is 0 Å². The number of aliphatic carboxylic acids is 1. The summed E-state index contributed by atoms with van der Waals surface area (Å²) < 4.78 is 12.8. The first-order valence-electron chi connectivity index (χ1n) is 4.53. The van der Waals surface area contributed by atoms with Crippen LogP contribution in [-0.2, 0) is 11.2 Å². The second-order valence-electron chi connectivity index (χ2n) is 3.53. The number of aromatic nitrogens is 1. The van der Waals surface area contributed by atoms with E-state index in [2.05, 4.69) is 4.98 Å². The summed E-state index contributed by atoms with van der Waals surface area (Å²) in [4.78, 5) is 14.5. The number of carboxylic acids is 1. The zero-order valence-electron chi connectivity index (χ0n) is 7.53. The molecule has 1 aromatic rings. The van der Waals surface area contributed by atoms with Crippen LogP contribution in [0, 0.1) is 5.82 Å². The molecular formula is C10H10FNO2. The SMILES string of the molecule is O=C(O)CC1CCc2cc(F)cnc21. The van der Waals surface area contributed by atoms with Gasteiger partial charge in [0.05, 0.1) is 12.6 Å². The molecule has 74 valence electrons. The van der Waals surface area contributed by atoms with E-state index in [1.54, 1.807) is 0 Å². The Hall–Kier alpha value is -1.45. The van der Waals surface area contributed by atoms with Gasteiger partial charge in [-0.25, -0.2) is 4.39 Å². The lowest BCUT2D eigenvalue weighted by Gasteiger charge is -2.06. The van der Waals surface area contributed by atoms with E-state index in [0.29, 0.717) is 0 Å². The predicted octanol–water partition coefficient (Wildman–Crippen LogP) is 1.73. The van der Waals surface area contributed by atoms with Crippen LogP contribution in [0.4, 0.5) is 4.39 Å². The lowest BCUT2D eigenvalue weighted by atomic mass is 10.0. The van der Waals surface area contributed by atoms with Crippen LogP contribution in [-0.4, -0.2) is 16.1 Å². The smallest absolute Gasteiger partial charge is 0.304 e. The van der Waals surface area contributed by atoms with E-state index in [0.717, 1.165) is 30.3 Å². The molecule has 0 saturated carbocycles. The molecule has 1 aromatic heterocycles. The second-order valence-corrected chi connectivity index (χ2v) is 3.53. The number of rotatable bonds is 2. The van der Waals surface area contributed by atoms with Crippen molar-refractivity contribution in [3.63, 3.8) is 0 Å². The number of pyridine rings is 1. The van der Waals surface area contributed by atoms with Crippen LogP contribution in [0.15, 0.2) is 12.3 Å². The molecule has 0 aromatic carbocycles. The van der Waals surface area contributed by atoms with Gasteiger partial charge in [-0.2, -0.15) is 0 Å². The zero-order valence-corrected chi connectivity index (χ0v) is 7.53. The van der Waals surface area contributed by atoms with Crippen molar-refractivity contribution in [2.75, 3.05) is 0 Å². The molecule has 1 aliphatic rings. The molecule has 1 atom stereocenters. The Morgan fingerprint density at radius 3 is 3.21 bits per heavy atom. The Labute approximate surface area is 80.6 Å². The van der Waals surface area contributed by atoms with Crippen molar-refractivity contribution in [1.82, 2.24) is 4.98 Å². The molecule has 4 heteroatoms. The van der Waals surface area contributed by atoms with Crippen LogP contribution in [0.1, 0.15) is 30.0 Å². The Kier molecular flexibility index (Phi) is 2.19. The summed E-state index contributed by atoms with van der Waals surface area (Å²) in [5.41, 5.74) is 1.62. The van der Waals surface area contributed by atoms with Gasteiger partial charge in [0.1, 0.15) is 5.82 Å². The number of aryl methyl sites for hydroxylation is 1.